The monoisotopic (exact) mass is 643 g/mol. The summed E-state index contributed by atoms with van der Waals surface area (Å²) >= 11 is 1.35. The van der Waals surface area contributed by atoms with Gasteiger partial charge in [-0.1, -0.05) is 24.8 Å². The lowest BCUT2D eigenvalue weighted by atomic mass is 9.91. The summed E-state index contributed by atoms with van der Waals surface area (Å²) < 4.78 is 42.4. The number of hydrogen-bond donors (Lipinski definition) is 2. The van der Waals surface area contributed by atoms with Gasteiger partial charge in [0.15, 0.2) is 10.8 Å². The van der Waals surface area contributed by atoms with Crippen LogP contribution >= 0.6 is 11.3 Å². The van der Waals surface area contributed by atoms with Crippen molar-refractivity contribution in [3.63, 3.8) is 0 Å². The molecule has 3 aliphatic heterocycles. The van der Waals surface area contributed by atoms with Gasteiger partial charge in [0.1, 0.15) is 18.4 Å². The number of likely N-dealkylation sites (tertiary alicyclic amines) is 2. The molecular weight excluding hydrogens is 604 g/mol. The fourth-order valence-electron chi connectivity index (χ4n) is 6.49. The molecule has 3 aliphatic rings. The van der Waals surface area contributed by atoms with Crippen LogP contribution in [0.2, 0.25) is 0 Å². The molecule has 2 fully saturated rings. The van der Waals surface area contributed by atoms with E-state index in [9.17, 15) is 14.7 Å². The molecule has 10 nitrogen and oxygen atoms in total. The molecule has 0 amide bonds. The molecule has 2 saturated heterocycles. The summed E-state index contributed by atoms with van der Waals surface area (Å²) in [5.41, 5.74) is 0.718. The predicted molar refractivity (Wildman–Crippen MR) is 166 cm³/mol. The zero-order valence-corrected chi connectivity index (χ0v) is 26.7. The number of rotatable bonds is 11. The topological polar surface area (TPSA) is 117 Å². The van der Waals surface area contributed by atoms with Crippen LogP contribution in [0.4, 0.5) is 8.78 Å². The number of benzene rings is 1. The van der Waals surface area contributed by atoms with E-state index in [0.717, 1.165) is 0 Å². The van der Waals surface area contributed by atoms with Crippen molar-refractivity contribution in [3.8, 4) is 5.75 Å². The number of esters is 2. The maximum absolute atomic E-state index is 15.8. The predicted octanol–water partition coefficient (Wildman–Crippen LogP) is 4.21. The summed E-state index contributed by atoms with van der Waals surface area (Å²) in [5.74, 6) is -3.72. The van der Waals surface area contributed by atoms with Gasteiger partial charge in [0.25, 0.3) is 5.92 Å². The number of nitrogens with zero attached hydrogens (tertiary/aromatic N) is 4. The Labute approximate surface area is 265 Å². The third-order valence-corrected chi connectivity index (χ3v) is 9.31. The van der Waals surface area contributed by atoms with E-state index in [1.165, 1.54) is 17.4 Å². The van der Waals surface area contributed by atoms with Crippen LogP contribution in [0.3, 0.4) is 0 Å². The summed E-state index contributed by atoms with van der Waals surface area (Å²) in [4.78, 5) is 38.9. The third kappa shape index (κ3) is 6.52. The Hall–Kier alpha value is -3.68. The summed E-state index contributed by atoms with van der Waals surface area (Å²) in [6, 6.07) is 2.50. The average Bonchev–Trinajstić information content (AvgIpc) is 3.72. The highest BCUT2D eigenvalue weighted by molar-refractivity contribution is 7.11. The van der Waals surface area contributed by atoms with Crippen LogP contribution in [0.1, 0.15) is 49.4 Å². The molecule has 0 bridgehead atoms. The fourth-order valence-corrected chi connectivity index (χ4v) is 7.08. The first kappa shape index (κ1) is 32.7. The molecule has 2 N–H and O–H groups in total. The molecule has 3 unspecified atom stereocenters. The van der Waals surface area contributed by atoms with Crippen molar-refractivity contribution in [1.82, 2.24) is 20.1 Å². The molecule has 3 atom stereocenters. The van der Waals surface area contributed by atoms with Crippen molar-refractivity contribution in [2.45, 2.75) is 58.2 Å². The molecule has 0 aliphatic carbocycles. The Morgan fingerprint density at radius 1 is 1.29 bits per heavy atom. The van der Waals surface area contributed by atoms with Gasteiger partial charge in [0, 0.05) is 43.0 Å². The number of alkyl halides is 2. The molecule has 13 heteroatoms. The molecular formula is C32H39F2N5O5S. The van der Waals surface area contributed by atoms with E-state index in [-0.39, 0.29) is 37.6 Å². The Morgan fingerprint density at radius 3 is 2.76 bits per heavy atom. The first-order valence-electron chi connectivity index (χ1n) is 14.9. The number of phenols is 1. The molecule has 45 heavy (non-hydrogen) atoms. The lowest BCUT2D eigenvalue weighted by Crippen LogP contribution is -2.50. The van der Waals surface area contributed by atoms with Crippen LogP contribution < -0.4 is 5.32 Å². The van der Waals surface area contributed by atoms with Crippen LogP contribution in [-0.2, 0) is 19.1 Å². The summed E-state index contributed by atoms with van der Waals surface area (Å²) in [6.07, 6.45) is 3.57. The zero-order chi connectivity index (χ0) is 32.5. The van der Waals surface area contributed by atoms with Crippen molar-refractivity contribution in [1.29, 1.82) is 0 Å². The molecule has 5 rings (SSSR count). The number of aromatic nitrogens is 1. The van der Waals surface area contributed by atoms with Crippen LogP contribution in [0, 0.1) is 12.3 Å². The van der Waals surface area contributed by atoms with Crippen LogP contribution in [0.15, 0.2) is 58.7 Å². The van der Waals surface area contributed by atoms with Gasteiger partial charge in [-0.2, -0.15) is 0 Å². The molecule has 1 aromatic heterocycles. The number of thiazole rings is 1. The van der Waals surface area contributed by atoms with Crippen molar-refractivity contribution in [2.24, 2.45) is 10.4 Å². The van der Waals surface area contributed by atoms with E-state index in [0.29, 0.717) is 40.6 Å². The van der Waals surface area contributed by atoms with Crippen molar-refractivity contribution < 1.29 is 33.0 Å². The number of carbonyl (C=O) groups excluding carboxylic acids is 2. The van der Waals surface area contributed by atoms with E-state index in [2.05, 4.69) is 16.9 Å². The van der Waals surface area contributed by atoms with Gasteiger partial charge < -0.3 is 19.9 Å². The molecule has 0 spiro atoms. The van der Waals surface area contributed by atoms with Crippen molar-refractivity contribution in [3.05, 3.63) is 69.8 Å². The fraction of sp³-hybridized carbons (Fsp3) is 0.500. The molecule has 1 aromatic carbocycles. The minimum atomic E-state index is -3.07. The number of nitrogens with one attached hydrogen (secondary N) is 1. The molecule has 0 radical (unpaired) electrons. The first-order valence-corrected chi connectivity index (χ1v) is 15.8. The maximum atomic E-state index is 15.8. The highest BCUT2D eigenvalue weighted by Gasteiger charge is 2.60. The van der Waals surface area contributed by atoms with Gasteiger partial charge in [0.05, 0.1) is 30.2 Å². The molecule has 4 heterocycles. The molecule has 0 saturated carbocycles. The number of aromatic hydroxyl groups is 1. The second kappa shape index (κ2) is 13.0. The van der Waals surface area contributed by atoms with Gasteiger partial charge >= 0.3 is 11.9 Å². The largest absolute Gasteiger partial charge is 0.508 e. The van der Waals surface area contributed by atoms with E-state index in [1.54, 1.807) is 67.3 Å². The van der Waals surface area contributed by atoms with Gasteiger partial charge in [-0.25, -0.2) is 18.6 Å². The van der Waals surface area contributed by atoms with Crippen molar-refractivity contribution in [2.75, 3.05) is 39.4 Å². The van der Waals surface area contributed by atoms with Gasteiger partial charge in [-0.15, -0.1) is 11.3 Å². The lowest BCUT2D eigenvalue weighted by Gasteiger charge is -2.34. The number of aliphatic imine (C=N–C) groups is 1. The van der Waals surface area contributed by atoms with Crippen LogP contribution in [-0.4, -0.2) is 95.1 Å². The Morgan fingerprint density at radius 2 is 2.07 bits per heavy atom. The number of hydrogen-bond acceptors (Lipinski definition) is 11. The smallest absolute Gasteiger partial charge is 0.338 e. The third-order valence-electron chi connectivity index (χ3n) is 8.53. The summed E-state index contributed by atoms with van der Waals surface area (Å²) in [6.45, 7) is 10.5. The van der Waals surface area contributed by atoms with E-state index < -0.39 is 47.9 Å². The average molecular weight is 644 g/mol. The van der Waals surface area contributed by atoms with Gasteiger partial charge in [-0.05, 0) is 51.3 Å². The normalized spacial score (nSPS) is 23.3. The number of carbonyl (C=O) groups is 2. The van der Waals surface area contributed by atoms with Gasteiger partial charge in [0.2, 0.25) is 0 Å². The Balaban J connectivity index is 1.50. The summed E-state index contributed by atoms with van der Waals surface area (Å²) in [5, 5.41) is 16.1. The highest BCUT2D eigenvalue weighted by atomic mass is 32.1. The standard InChI is InChI=1S/C32H39F2N5O5S/c1-6-14-44-30(42)31(4,5)17-38-13-11-22-26(38)32(33,34)18-39(22)16-21-24(29(41)43-7-2)25(20-9-8-10-23(40)19(20)3)37-27(36-21)28-35-12-15-45-28/h6,8-10,12,15,22,25-26,40H,1,7,11,13-14,16-18H2,2-5H3,(H,36,37). The number of phenolic OH excluding ortho intramolecular Hbond substituents is 1. The van der Waals surface area contributed by atoms with Gasteiger partial charge in [-0.3, -0.25) is 19.6 Å². The number of halogens is 2. The number of amidine groups is 1. The van der Waals surface area contributed by atoms with E-state index in [1.807, 2.05) is 0 Å². The van der Waals surface area contributed by atoms with E-state index >= 15 is 8.78 Å². The second-order valence-electron chi connectivity index (χ2n) is 12.2. The number of ether oxygens (including phenoxy) is 2. The summed E-state index contributed by atoms with van der Waals surface area (Å²) in [7, 11) is 0. The Kier molecular flexibility index (Phi) is 9.43. The van der Waals surface area contributed by atoms with Crippen LogP contribution in [0.25, 0.3) is 0 Å². The minimum absolute atomic E-state index is 0.00225. The SMILES string of the molecule is C=CCOC(=O)C(C)(C)CN1CCC2C1C(F)(F)CN2CC1=C(C(=O)OCC)C(c2cccc(O)c2C)N=C(c2nccs2)N1. The van der Waals surface area contributed by atoms with Crippen molar-refractivity contribution >= 4 is 29.1 Å². The quantitative estimate of drug-likeness (QED) is 0.274. The molecule has 2 aromatic rings. The maximum Gasteiger partial charge on any atom is 0.338 e. The Bertz CT molecular complexity index is 1510. The lowest BCUT2D eigenvalue weighted by molar-refractivity contribution is -0.155. The highest BCUT2D eigenvalue weighted by Crippen LogP contribution is 2.44. The second-order valence-corrected chi connectivity index (χ2v) is 13.0. The number of fused-ring (bicyclic) bond motifs is 1. The first-order chi connectivity index (χ1) is 21.4. The minimum Gasteiger partial charge on any atom is -0.508 e. The molecule has 242 valence electrons. The van der Waals surface area contributed by atoms with E-state index in [4.69, 9.17) is 14.5 Å². The van der Waals surface area contributed by atoms with Crippen LogP contribution in [0.5, 0.6) is 5.75 Å². The zero-order valence-electron chi connectivity index (χ0n) is 25.9.